The van der Waals surface area contributed by atoms with Gasteiger partial charge in [0.2, 0.25) is 0 Å². The van der Waals surface area contributed by atoms with E-state index < -0.39 is 0 Å². The first-order valence-electron chi connectivity index (χ1n) is 7.16. The highest BCUT2D eigenvalue weighted by Crippen LogP contribution is 2.25. The summed E-state index contributed by atoms with van der Waals surface area (Å²) >= 11 is 3.49. The van der Waals surface area contributed by atoms with Crippen molar-refractivity contribution < 1.29 is 0 Å². The van der Waals surface area contributed by atoms with Crippen LogP contribution in [0.3, 0.4) is 0 Å². The number of nitrogens with zero attached hydrogens (tertiary/aromatic N) is 3. The van der Waals surface area contributed by atoms with Gasteiger partial charge in [0.1, 0.15) is 0 Å². The Morgan fingerprint density at radius 3 is 2.84 bits per heavy atom. The van der Waals surface area contributed by atoms with Crippen molar-refractivity contribution >= 4 is 21.7 Å². The number of aryl methyl sites for hydroxylation is 1. The van der Waals surface area contributed by atoms with Gasteiger partial charge in [-0.3, -0.25) is 4.79 Å². The second-order valence-electron chi connectivity index (χ2n) is 5.07. The molecule has 1 fully saturated rings. The predicted octanol–water partition coefficient (Wildman–Crippen LogP) is 2.80. The molecule has 4 nitrogen and oxygen atoms in total. The largest absolute Gasteiger partial charge is 0.348 e. The van der Waals surface area contributed by atoms with Gasteiger partial charge in [-0.15, -0.1) is 0 Å². The first-order chi connectivity index (χ1) is 9.27. The van der Waals surface area contributed by atoms with Gasteiger partial charge < -0.3 is 9.47 Å². The fourth-order valence-corrected chi connectivity index (χ4v) is 3.20. The zero-order valence-corrected chi connectivity index (χ0v) is 13.1. The van der Waals surface area contributed by atoms with Crippen LogP contribution in [0.2, 0.25) is 0 Å². The number of hydrogen-bond donors (Lipinski definition) is 0. The van der Waals surface area contributed by atoms with Crippen molar-refractivity contribution in [2.75, 3.05) is 16.8 Å². The molecule has 106 valence electrons. The van der Waals surface area contributed by atoms with Gasteiger partial charge in [-0.1, -0.05) is 35.7 Å². The van der Waals surface area contributed by atoms with E-state index in [0.717, 1.165) is 24.8 Å². The van der Waals surface area contributed by atoms with E-state index >= 15 is 0 Å². The Morgan fingerprint density at radius 2 is 2.21 bits per heavy atom. The highest BCUT2D eigenvalue weighted by atomic mass is 79.9. The molecule has 0 bridgehead atoms. The number of alkyl halides is 1. The van der Waals surface area contributed by atoms with Gasteiger partial charge in [-0.25, -0.2) is 4.98 Å². The summed E-state index contributed by atoms with van der Waals surface area (Å²) in [6.07, 6.45) is 9.39. The Kier molecular flexibility index (Phi) is 5.43. The average Bonchev–Trinajstić information content (AvgIpc) is 2.93. The second kappa shape index (κ2) is 7.08. The Hall–Kier alpha value is -0.840. The maximum Gasteiger partial charge on any atom is 0.293 e. The van der Waals surface area contributed by atoms with Crippen molar-refractivity contribution in [3.8, 4) is 0 Å². The second-order valence-corrected chi connectivity index (χ2v) is 5.86. The Balaban J connectivity index is 2.30. The van der Waals surface area contributed by atoms with Crippen molar-refractivity contribution in [3.05, 3.63) is 22.7 Å². The first-order valence-corrected chi connectivity index (χ1v) is 8.28. The van der Waals surface area contributed by atoms with E-state index in [2.05, 4.69) is 32.7 Å². The SMILES string of the molecule is CCCn1ccnc(N(CCBr)C2CCCC2)c1=O. The van der Waals surface area contributed by atoms with Gasteiger partial charge >= 0.3 is 0 Å². The molecule has 19 heavy (non-hydrogen) atoms. The van der Waals surface area contributed by atoms with Crippen LogP contribution in [0.5, 0.6) is 0 Å². The zero-order valence-electron chi connectivity index (χ0n) is 11.5. The molecule has 1 aliphatic carbocycles. The van der Waals surface area contributed by atoms with Crippen LogP contribution in [-0.4, -0.2) is 27.5 Å². The third-order valence-electron chi connectivity index (χ3n) is 3.72. The lowest BCUT2D eigenvalue weighted by atomic mass is 10.2. The van der Waals surface area contributed by atoms with Gasteiger partial charge in [0.15, 0.2) is 5.82 Å². The smallest absolute Gasteiger partial charge is 0.293 e. The number of halogens is 1. The first kappa shape index (κ1) is 14.6. The van der Waals surface area contributed by atoms with Crippen LogP contribution < -0.4 is 10.5 Å². The van der Waals surface area contributed by atoms with Crippen LogP contribution >= 0.6 is 15.9 Å². The van der Waals surface area contributed by atoms with Gasteiger partial charge in [-0.2, -0.15) is 0 Å². The van der Waals surface area contributed by atoms with E-state index in [9.17, 15) is 4.79 Å². The molecule has 5 heteroatoms. The zero-order chi connectivity index (χ0) is 13.7. The van der Waals surface area contributed by atoms with E-state index in [1.807, 2.05) is 0 Å². The molecule has 1 aromatic rings. The van der Waals surface area contributed by atoms with Crippen molar-refractivity contribution in [1.29, 1.82) is 0 Å². The molecule has 1 saturated carbocycles. The van der Waals surface area contributed by atoms with Crippen molar-refractivity contribution in [1.82, 2.24) is 9.55 Å². The van der Waals surface area contributed by atoms with Crippen molar-refractivity contribution in [2.45, 2.75) is 51.6 Å². The minimum absolute atomic E-state index is 0.0530. The lowest BCUT2D eigenvalue weighted by molar-refractivity contribution is 0.594. The van der Waals surface area contributed by atoms with E-state index in [-0.39, 0.29) is 5.56 Å². The maximum atomic E-state index is 12.5. The van der Waals surface area contributed by atoms with Gasteiger partial charge in [0.05, 0.1) is 0 Å². The number of hydrogen-bond acceptors (Lipinski definition) is 3. The number of anilines is 1. The average molecular weight is 328 g/mol. The monoisotopic (exact) mass is 327 g/mol. The van der Waals surface area contributed by atoms with Crippen LogP contribution in [0.1, 0.15) is 39.0 Å². The van der Waals surface area contributed by atoms with E-state index in [1.165, 1.54) is 25.7 Å². The van der Waals surface area contributed by atoms with Crippen LogP contribution in [0.25, 0.3) is 0 Å². The minimum Gasteiger partial charge on any atom is -0.348 e. The third kappa shape index (κ3) is 3.38. The molecule has 0 radical (unpaired) electrons. The normalized spacial score (nSPS) is 15.9. The molecule has 0 atom stereocenters. The van der Waals surface area contributed by atoms with E-state index in [4.69, 9.17) is 0 Å². The van der Waals surface area contributed by atoms with Crippen LogP contribution in [-0.2, 0) is 6.54 Å². The summed E-state index contributed by atoms with van der Waals surface area (Å²) in [5.41, 5.74) is 0.0530. The summed E-state index contributed by atoms with van der Waals surface area (Å²) < 4.78 is 1.78. The third-order valence-corrected chi connectivity index (χ3v) is 4.08. The molecule has 0 aromatic carbocycles. The van der Waals surface area contributed by atoms with Gasteiger partial charge in [0.25, 0.3) is 5.56 Å². The number of rotatable bonds is 6. The quantitative estimate of drug-likeness (QED) is 0.754. The van der Waals surface area contributed by atoms with E-state index in [1.54, 1.807) is 17.0 Å². The molecule has 1 aliphatic rings. The van der Waals surface area contributed by atoms with Crippen LogP contribution in [0.15, 0.2) is 17.2 Å². The summed E-state index contributed by atoms with van der Waals surface area (Å²) in [7, 11) is 0. The van der Waals surface area contributed by atoms with Crippen molar-refractivity contribution in [2.24, 2.45) is 0 Å². The Bertz CT molecular complexity index is 454. The Labute approximate surface area is 123 Å². The fourth-order valence-electron chi connectivity index (χ4n) is 2.82. The standard InChI is InChI=1S/C14H22BrN3O/c1-2-9-17-11-8-16-13(14(17)19)18(10-7-15)12-5-3-4-6-12/h8,11-12H,2-7,9-10H2,1H3. The fraction of sp³-hybridized carbons (Fsp3) is 0.714. The molecule has 0 aliphatic heterocycles. The molecule has 1 heterocycles. The predicted molar refractivity (Wildman–Crippen MR) is 82.2 cm³/mol. The van der Waals surface area contributed by atoms with Crippen LogP contribution in [0, 0.1) is 0 Å². The molecular formula is C14H22BrN3O. The van der Waals surface area contributed by atoms with E-state index in [0.29, 0.717) is 11.9 Å². The molecular weight excluding hydrogens is 306 g/mol. The summed E-state index contributed by atoms with van der Waals surface area (Å²) in [5, 5.41) is 0.868. The minimum atomic E-state index is 0.0530. The van der Waals surface area contributed by atoms with Gasteiger partial charge in [0, 0.05) is 36.9 Å². The molecule has 0 spiro atoms. The lowest BCUT2D eigenvalue weighted by Crippen LogP contribution is -2.40. The molecule has 0 N–H and O–H groups in total. The molecule has 2 rings (SSSR count). The summed E-state index contributed by atoms with van der Waals surface area (Å²) in [5.74, 6) is 0.627. The Morgan fingerprint density at radius 1 is 1.47 bits per heavy atom. The topological polar surface area (TPSA) is 38.1 Å². The number of aromatic nitrogens is 2. The van der Waals surface area contributed by atoms with Crippen molar-refractivity contribution in [3.63, 3.8) is 0 Å². The molecule has 0 saturated heterocycles. The highest BCUT2D eigenvalue weighted by Gasteiger charge is 2.25. The maximum absolute atomic E-state index is 12.5. The van der Waals surface area contributed by atoms with Gasteiger partial charge in [-0.05, 0) is 19.3 Å². The summed E-state index contributed by atoms with van der Waals surface area (Å²) in [6.45, 7) is 3.70. The highest BCUT2D eigenvalue weighted by molar-refractivity contribution is 9.09. The van der Waals surface area contributed by atoms with Crippen LogP contribution in [0.4, 0.5) is 5.82 Å². The lowest BCUT2D eigenvalue weighted by Gasteiger charge is -2.29. The molecule has 1 aromatic heterocycles. The molecule has 0 amide bonds. The summed E-state index contributed by atoms with van der Waals surface area (Å²) in [6, 6.07) is 0.482. The summed E-state index contributed by atoms with van der Waals surface area (Å²) in [4.78, 5) is 19.0. The molecule has 0 unspecified atom stereocenters.